The molecule has 0 aliphatic carbocycles. The highest BCUT2D eigenvalue weighted by Crippen LogP contribution is 2.29. The molecule has 1 aromatic heterocycles. The van der Waals surface area contributed by atoms with Gasteiger partial charge in [0.25, 0.3) is 0 Å². The molecule has 7 nitrogen and oxygen atoms in total. The lowest BCUT2D eigenvalue weighted by atomic mass is 10.0. The fourth-order valence-corrected chi connectivity index (χ4v) is 3.16. The monoisotopic (exact) mass is 395 g/mol. The van der Waals surface area contributed by atoms with Crippen LogP contribution in [0.3, 0.4) is 0 Å². The summed E-state index contributed by atoms with van der Waals surface area (Å²) < 4.78 is 0. The number of nitrogens with two attached hydrogens (primary N) is 2. The molecule has 4 rings (SSSR count). The summed E-state index contributed by atoms with van der Waals surface area (Å²) in [5, 5.41) is 24.6. The predicted octanol–water partition coefficient (Wildman–Crippen LogP) is 3.23. The quantitative estimate of drug-likeness (QED) is 0.295. The summed E-state index contributed by atoms with van der Waals surface area (Å²) in [4.78, 5) is 1.67. The van der Waals surface area contributed by atoms with Gasteiger partial charge in [-0.1, -0.05) is 78.9 Å². The Labute approximate surface area is 174 Å². The van der Waals surface area contributed by atoms with Crippen molar-refractivity contribution in [2.24, 2.45) is 11.5 Å². The maximum Gasteiger partial charge on any atom is 0.122 e. The van der Waals surface area contributed by atoms with Gasteiger partial charge in [-0.15, -0.1) is 0 Å². The Morgan fingerprint density at radius 2 is 1.13 bits per heavy atom. The minimum atomic E-state index is 0.0301. The molecular weight excluding hydrogens is 374 g/mol. The van der Waals surface area contributed by atoms with Crippen molar-refractivity contribution in [1.29, 1.82) is 10.8 Å². The first-order chi connectivity index (χ1) is 14.5. The van der Waals surface area contributed by atoms with E-state index in [1.165, 1.54) is 0 Å². The molecule has 0 atom stereocenters. The summed E-state index contributed by atoms with van der Waals surface area (Å²) in [6.07, 6.45) is 0. The number of nitrogens with zero attached hydrogens (tertiary/aromatic N) is 3. The maximum atomic E-state index is 7.58. The van der Waals surface area contributed by atoms with Gasteiger partial charge in [-0.25, -0.2) is 0 Å². The van der Waals surface area contributed by atoms with Crippen LogP contribution in [0.15, 0.2) is 78.9 Å². The molecule has 1 heterocycles. The lowest BCUT2D eigenvalue weighted by Crippen LogP contribution is -2.11. The highest BCUT2D eigenvalue weighted by Gasteiger charge is 2.15. The topological polar surface area (TPSA) is 130 Å². The predicted molar refractivity (Wildman–Crippen MR) is 118 cm³/mol. The average Bonchev–Trinajstić information content (AvgIpc) is 3.18. The van der Waals surface area contributed by atoms with Gasteiger partial charge in [0.2, 0.25) is 0 Å². The van der Waals surface area contributed by atoms with Gasteiger partial charge < -0.3 is 11.5 Å². The lowest BCUT2D eigenvalue weighted by molar-refractivity contribution is 0.594. The Kier molecular flexibility index (Phi) is 5.09. The number of amidine groups is 2. The van der Waals surface area contributed by atoms with Crippen molar-refractivity contribution in [1.82, 2.24) is 15.0 Å². The second-order valence-corrected chi connectivity index (χ2v) is 6.90. The van der Waals surface area contributed by atoms with Gasteiger partial charge in [0, 0.05) is 22.3 Å². The molecule has 30 heavy (non-hydrogen) atoms. The van der Waals surface area contributed by atoms with Crippen LogP contribution in [-0.2, 0) is 6.54 Å². The van der Waals surface area contributed by atoms with E-state index in [1.807, 2.05) is 78.9 Å². The van der Waals surface area contributed by atoms with Crippen LogP contribution in [0.5, 0.6) is 0 Å². The molecule has 0 amide bonds. The first-order valence-corrected chi connectivity index (χ1v) is 9.40. The highest BCUT2D eigenvalue weighted by molar-refractivity contribution is 5.95. The molecule has 0 saturated heterocycles. The summed E-state index contributed by atoms with van der Waals surface area (Å²) in [7, 11) is 0. The van der Waals surface area contributed by atoms with Gasteiger partial charge in [-0.2, -0.15) is 15.0 Å². The van der Waals surface area contributed by atoms with Gasteiger partial charge in [0.15, 0.2) is 0 Å². The first-order valence-electron chi connectivity index (χ1n) is 9.40. The molecule has 0 radical (unpaired) electrons. The molecule has 7 heteroatoms. The van der Waals surface area contributed by atoms with Crippen molar-refractivity contribution in [2.45, 2.75) is 6.54 Å². The zero-order valence-electron chi connectivity index (χ0n) is 16.2. The summed E-state index contributed by atoms with van der Waals surface area (Å²) in [6, 6.07) is 24.8. The Morgan fingerprint density at radius 1 is 0.667 bits per heavy atom. The lowest BCUT2D eigenvalue weighted by Gasteiger charge is -2.03. The minimum Gasteiger partial charge on any atom is -0.384 e. The van der Waals surface area contributed by atoms with E-state index >= 15 is 0 Å². The summed E-state index contributed by atoms with van der Waals surface area (Å²) in [5.41, 5.74) is 16.9. The van der Waals surface area contributed by atoms with Crippen molar-refractivity contribution in [3.8, 4) is 22.5 Å². The summed E-state index contributed by atoms with van der Waals surface area (Å²) in [5.74, 6) is 0.0731. The molecule has 4 aromatic rings. The van der Waals surface area contributed by atoms with E-state index in [-0.39, 0.29) is 11.7 Å². The molecule has 3 aromatic carbocycles. The largest absolute Gasteiger partial charge is 0.384 e. The SMILES string of the molecule is N=C(N)c1ccc(Cn2nc(-c3ccccc3)c(-c3ccc(C(=N)N)cc3)n2)cc1. The fourth-order valence-electron chi connectivity index (χ4n) is 3.16. The van der Waals surface area contributed by atoms with E-state index in [4.69, 9.17) is 32.5 Å². The second kappa shape index (κ2) is 8.00. The van der Waals surface area contributed by atoms with Crippen molar-refractivity contribution in [2.75, 3.05) is 0 Å². The van der Waals surface area contributed by atoms with Crippen molar-refractivity contribution in [3.05, 3.63) is 95.6 Å². The molecule has 0 spiro atoms. The molecule has 0 aliphatic heterocycles. The van der Waals surface area contributed by atoms with Crippen LogP contribution >= 0.6 is 0 Å². The zero-order chi connectivity index (χ0) is 21.1. The van der Waals surface area contributed by atoms with E-state index < -0.39 is 0 Å². The van der Waals surface area contributed by atoms with E-state index in [2.05, 4.69) is 0 Å². The molecule has 148 valence electrons. The molecule has 6 N–H and O–H groups in total. The van der Waals surface area contributed by atoms with Crippen molar-refractivity contribution < 1.29 is 0 Å². The van der Waals surface area contributed by atoms with Gasteiger partial charge in [-0.05, 0) is 5.56 Å². The minimum absolute atomic E-state index is 0.0301. The normalized spacial score (nSPS) is 10.7. The maximum absolute atomic E-state index is 7.58. The standard InChI is InChI=1S/C23H21N7/c24-22(25)18-8-6-15(7-9-18)14-30-28-20(16-4-2-1-3-5-16)21(29-30)17-10-12-19(13-11-17)23(26)27/h1-13H,14H2,(H3,24,25)(H3,26,27). The number of nitrogen functional groups attached to an aromatic ring is 2. The molecule has 0 bridgehead atoms. The number of nitrogens with one attached hydrogen (secondary N) is 2. The molecule has 0 saturated carbocycles. The average molecular weight is 395 g/mol. The van der Waals surface area contributed by atoms with Crippen LogP contribution in [0.25, 0.3) is 22.5 Å². The van der Waals surface area contributed by atoms with Crippen LogP contribution < -0.4 is 11.5 Å². The Bertz CT molecular complexity index is 1190. The number of aromatic nitrogens is 3. The van der Waals surface area contributed by atoms with E-state index in [0.717, 1.165) is 28.1 Å². The fraction of sp³-hybridized carbons (Fsp3) is 0.0435. The third-order valence-electron chi connectivity index (χ3n) is 4.76. The zero-order valence-corrected chi connectivity index (χ0v) is 16.2. The van der Waals surface area contributed by atoms with Crippen LogP contribution in [-0.4, -0.2) is 26.7 Å². The number of rotatable bonds is 6. The molecule has 0 unspecified atom stereocenters. The van der Waals surface area contributed by atoms with Crippen LogP contribution in [0.1, 0.15) is 16.7 Å². The third kappa shape index (κ3) is 3.95. The smallest absolute Gasteiger partial charge is 0.122 e. The van der Waals surface area contributed by atoms with Crippen molar-refractivity contribution in [3.63, 3.8) is 0 Å². The van der Waals surface area contributed by atoms with E-state index in [0.29, 0.717) is 17.7 Å². The van der Waals surface area contributed by atoms with Gasteiger partial charge >= 0.3 is 0 Å². The molecule has 0 fully saturated rings. The third-order valence-corrected chi connectivity index (χ3v) is 4.76. The molecular formula is C23H21N7. The Hall–Kier alpha value is -4.26. The number of hydrogen-bond donors (Lipinski definition) is 4. The van der Waals surface area contributed by atoms with Gasteiger partial charge in [0.1, 0.15) is 23.1 Å². The van der Waals surface area contributed by atoms with Crippen molar-refractivity contribution >= 4 is 11.7 Å². The summed E-state index contributed by atoms with van der Waals surface area (Å²) >= 11 is 0. The molecule has 0 aliphatic rings. The van der Waals surface area contributed by atoms with Crippen LogP contribution in [0.2, 0.25) is 0 Å². The van der Waals surface area contributed by atoms with Crippen LogP contribution in [0.4, 0.5) is 0 Å². The Balaban J connectivity index is 1.72. The van der Waals surface area contributed by atoms with Crippen LogP contribution in [0, 0.1) is 10.8 Å². The second-order valence-electron chi connectivity index (χ2n) is 6.90. The van der Waals surface area contributed by atoms with Gasteiger partial charge in [-0.3, -0.25) is 10.8 Å². The first kappa shape index (κ1) is 19.1. The number of hydrogen-bond acceptors (Lipinski definition) is 4. The highest BCUT2D eigenvalue weighted by atomic mass is 15.5. The number of benzene rings is 3. The van der Waals surface area contributed by atoms with E-state index in [9.17, 15) is 0 Å². The summed E-state index contributed by atoms with van der Waals surface area (Å²) in [6.45, 7) is 0.490. The van der Waals surface area contributed by atoms with Gasteiger partial charge in [0.05, 0.1) is 6.54 Å². The van der Waals surface area contributed by atoms with E-state index in [1.54, 1.807) is 4.80 Å². The Morgan fingerprint density at radius 3 is 1.63 bits per heavy atom.